The highest BCUT2D eigenvalue weighted by atomic mass is 32.1. The molecule has 1 N–H and O–H groups in total. The van der Waals surface area contributed by atoms with E-state index in [-0.39, 0.29) is 5.75 Å². The molecule has 96 valence electrons. The smallest absolute Gasteiger partial charge is 0.124 e. The predicted octanol–water partition coefficient (Wildman–Crippen LogP) is 3.73. The highest BCUT2D eigenvalue weighted by molar-refractivity contribution is 7.21. The number of phenols is 1. The van der Waals surface area contributed by atoms with Crippen LogP contribution in [0.4, 0.5) is 5.69 Å². The van der Waals surface area contributed by atoms with Crippen molar-refractivity contribution >= 4 is 27.2 Å². The average molecular weight is 270 g/mol. The largest absolute Gasteiger partial charge is 0.508 e. The van der Waals surface area contributed by atoms with E-state index in [0.29, 0.717) is 0 Å². The maximum Gasteiger partial charge on any atom is 0.124 e. The number of anilines is 1. The van der Waals surface area contributed by atoms with E-state index in [1.807, 2.05) is 20.2 Å². The first-order valence-electron chi connectivity index (χ1n) is 6.01. The van der Waals surface area contributed by atoms with Crippen LogP contribution in [0.3, 0.4) is 0 Å². The monoisotopic (exact) mass is 270 g/mol. The maximum atomic E-state index is 9.47. The first-order chi connectivity index (χ1) is 9.13. The molecular formula is C15H14N2OS. The zero-order valence-corrected chi connectivity index (χ0v) is 11.6. The Morgan fingerprint density at radius 1 is 1.05 bits per heavy atom. The van der Waals surface area contributed by atoms with E-state index >= 15 is 0 Å². The number of rotatable bonds is 2. The lowest BCUT2D eigenvalue weighted by molar-refractivity contribution is 0.476. The number of hydrogen-bond donors (Lipinski definition) is 1. The van der Waals surface area contributed by atoms with Gasteiger partial charge in [0.1, 0.15) is 10.8 Å². The van der Waals surface area contributed by atoms with Gasteiger partial charge in [0.25, 0.3) is 0 Å². The molecule has 0 aliphatic heterocycles. The Morgan fingerprint density at radius 2 is 1.79 bits per heavy atom. The average Bonchev–Trinajstić information content (AvgIpc) is 2.81. The molecule has 2 aromatic carbocycles. The van der Waals surface area contributed by atoms with Crippen LogP contribution in [0.5, 0.6) is 5.75 Å². The number of hydrogen-bond acceptors (Lipinski definition) is 4. The highest BCUT2D eigenvalue weighted by Crippen LogP contribution is 2.32. The van der Waals surface area contributed by atoms with Gasteiger partial charge in [-0.25, -0.2) is 4.98 Å². The normalized spacial score (nSPS) is 10.8. The molecule has 0 aliphatic rings. The lowest BCUT2D eigenvalue weighted by Gasteiger charge is -2.11. The fourth-order valence-corrected chi connectivity index (χ4v) is 2.89. The predicted molar refractivity (Wildman–Crippen MR) is 81.0 cm³/mol. The topological polar surface area (TPSA) is 36.4 Å². The molecule has 0 atom stereocenters. The lowest BCUT2D eigenvalue weighted by atomic mass is 10.2. The van der Waals surface area contributed by atoms with E-state index in [1.165, 1.54) is 5.69 Å². The first kappa shape index (κ1) is 12.0. The van der Waals surface area contributed by atoms with Gasteiger partial charge in [-0.15, -0.1) is 11.3 Å². The molecule has 0 unspecified atom stereocenters. The van der Waals surface area contributed by atoms with Crippen LogP contribution < -0.4 is 4.90 Å². The quantitative estimate of drug-likeness (QED) is 0.770. The molecule has 0 fully saturated rings. The van der Waals surface area contributed by atoms with E-state index in [9.17, 15) is 5.11 Å². The summed E-state index contributed by atoms with van der Waals surface area (Å²) in [6.07, 6.45) is 0. The minimum Gasteiger partial charge on any atom is -0.508 e. The third-order valence-electron chi connectivity index (χ3n) is 3.00. The Labute approximate surface area is 115 Å². The standard InChI is InChI=1S/C15H14N2OS/c1-17(2)11-5-3-10(4-6-11)15-16-13-9-12(18)7-8-14(13)19-15/h3-9,18H,1-2H3. The Balaban J connectivity index is 2.03. The summed E-state index contributed by atoms with van der Waals surface area (Å²) in [7, 11) is 4.05. The van der Waals surface area contributed by atoms with E-state index in [4.69, 9.17) is 0 Å². The lowest BCUT2D eigenvalue weighted by Crippen LogP contribution is -2.07. The number of aromatic nitrogens is 1. The van der Waals surface area contributed by atoms with Gasteiger partial charge < -0.3 is 10.0 Å². The van der Waals surface area contributed by atoms with Crippen molar-refractivity contribution in [1.82, 2.24) is 4.98 Å². The van der Waals surface area contributed by atoms with Crippen molar-refractivity contribution in [2.24, 2.45) is 0 Å². The number of phenolic OH excluding ortho intramolecular Hbond substituents is 1. The van der Waals surface area contributed by atoms with Crippen LogP contribution in [0, 0.1) is 0 Å². The first-order valence-corrected chi connectivity index (χ1v) is 6.82. The van der Waals surface area contributed by atoms with Gasteiger partial charge >= 0.3 is 0 Å². The van der Waals surface area contributed by atoms with Gasteiger partial charge in [-0.05, 0) is 36.4 Å². The van der Waals surface area contributed by atoms with Crippen LogP contribution in [0.1, 0.15) is 0 Å². The van der Waals surface area contributed by atoms with E-state index in [0.717, 1.165) is 20.8 Å². The van der Waals surface area contributed by atoms with Gasteiger partial charge in [-0.2, -0.15) is 0 Å². The summed E-state index contributed by atoms with van der Waals surface area (Å²) in [6.45, 7) is 0. The van der Waals surface area contributed by atoms with Gasteiger partial charge in [-0.1, -0.05) is 0 Å². The molecule has 0 saturated heterocycles. The molecule has 0 saturated carbocycles. The second-order valence-electron chi connectivity index (χ2n) is 4.61. The molecule has 0 amide bonds. The number of aromatic hydroxyl groups is 1. The summed E-state index contributed by atoms with van der Waals surface area (Å²) in [5.74, 6) is 0.257. The van der Waals surface area contributed by atoms with Gasteiger partial charge in [0.15, 0.2) is 0 Å². The molecule has 1 heterocycles. The summed E-state index contributed by atoms with van der Waals surface area (Å²) in [5.41, 5.74) is 3.12. The zero-order chi connectivity index (χ0) is 13.4. The molecule has 3 aromatic rings. The maximum absolute atomic E-state index is 9.47. The molecule has 4 heteroatoms. The molecule has 3 rings (SSSR count). The molecule has 0 spiro atoms. The van der Waals surface area contributed by atoms with Crippen LogP contribution in [-0.4, -0.2) is 24.2 Å². The van der Waals surface area contributed by atoms with Crippen molar-refractivity contribution in [3.63, 3.8) is 0 Å². The number of fused-ring (bicyclic) bond motifs is 1. The Kier molecular flexibility index (Phi) is 2.87. The van der Waals surface area contributed by atoms with Gasteiger partial charge in [0.05, 0.1) is 10.2 Å². The Bertz CT molecular complexity index is 717. The van der Waals surface area contributed by atoms with Crippen LogP contribution in [-0.2, 0) is 0 Å². The van der Waals surface area contributed by atoms with Crippen LogP contribution in [0.15, 0.2) is 42.5 Å². The third-order valence-corrected chi connectivity index (χ3v) is 4.09. The van der Waals surface area contributed by atoms with Crippen LogP contribution in [0.25, 0.3) is 20.8 Å². The van der Waals surface area contributed by atoms with Crippen molar-refractivity contribution in [2.75, 3.05) is 19.0 Å². The Hall–Kier alpha value is -2.07. The summed E-state index contributed by atoms with van der Waals surface area (Å²) in [4.78, 5) is 6.63. The molecule has 0 bridgehead atoms. The van der Waals surface area contributed by atoms with Crippen molar-refractivity contribution in [3.05, 3.63) is 42.5 Å². The SMILES string of the molecule is CN(C)c1ccc(-c2nc3cc(O)ccc3s2)cc1. The highest BCUT2D eigenvalue weighted by Gasteiger charge is 2.07. The second-order valence-corrected chi connectivity index (χ2v) is 5.64. The molecule has 1 aromatic heterocycles. The summed E-state index contributed by atoms with van der Waals surface area (Å²) < 4.78 is 1.09. The molecule has 0 radical (unpaired) electrons. The zero-order valence-electron chi connectivity index (χ0n) is 10.8. The van der Waals surface area contributed by atoms with Crippen molar-refractivity contribution in [2.45, 2.75) is 0 Å². The van der Waals surface area contributed by atoms with E-state index in [2.05, 4.69) is 34.1 Å². The minimum absolute atomic E-state index is 0.257. The Morgan fingerprint density at radius 3 is 2.47 bits per heavy atom. The van der Waals surface area contributed by atoms with E-state index < -0.39 is 0 Å². The summed E-state index contributed by atoms with van der Waals surface area (Å²) >= 11 is 1.64. The second kappa shape index (κ2) is 4.55. The number of thiazole rings is 1. The van der Waals surface area contributed by atoms with Gasteiger partial charge in [0, 0.05) is 31.4 Å². The number of benzene rings is 2. The molecular weight excluding hydrogens is 256 g/mol. The fraction of sp³-hybridized carbons (Fsp3) is 0.133. The minimum atomic E-state index is 0.257. The van der Waals surface area contributed by atoms with Gasteiger partial charge in [-0.3, -0.25) is 0 Å². The number of nitrogens with zero attached hydrogens (tertiary/aromatic N) is 2. The summed E-state index contributed by atoms with van der Waals surface area (Å²) in [6, 6.07) is 13.6. The van der Waals surface area contributed by atoms with E-state index in [1.54, 1.807) is 23.5 Å². The van der Waals surface area contributed by atoms with Gasteiger partial charge in [0.2, 0.25) is 0 Å². The van der Waals surface area contributed by atoms with Crippen molar-refractivity contribution in [1.29, 1.82) is 0 Å². The van der Waals surface area contributed by atoms with Crippen LogP contribution in [0.2, 0.25) is 0 Å². The molecule has 3 nitrogen and oxygen atoms in total. The third kappa shape index (κ3) is 2.27. The summed E-state index contributed by atoms with van der Waals surface area (Å²) in [5, 5.41) is 10.4. The van der Waals surface area contributed by atoms with Crippen molar-refractivity contribution < 1.29 is 5.11 Å². The van der Waals surface area contributed by atoms with Crippen molar-refractivity contribution in [3.8, 4) is 16.3 Å². The molecule has 19 heavy (non-hydrogen) atoms. The fourth-order valence-electron chi connectivity index (χ4n) is 1.94. The molecule has 0 aliphatic carbocycles. The van der Waals surface area contributed by atoms with Crippen LogP contribution >= 0.6 is 11.3 Å².